The molecule has 0 amide bonds. The van der Waals surface area contributed by atoms with Crippen LogP contribution in [0.2, 0.25) is 10.0 Å². The highest BCUT2D eigenvalue weighted by atomic mass is 35.5. The molecule has 6 nitrogen and oxygen atoms in total. The van der Waals surface area contributed by atoms with Crippen LogP contribution in [0.5, 0.6) is 5.75 Å². The summed E-state index contributed by atoms with van der Waals surface area (Å²) in [6, 6.07) is 8.70. The van der Waals surface area contributed by atoms with E-state index in [2.05, 4.69) is 5.48 Å². The summed E-state index contributed by atoms with van der Waals surface area (Å²) in [5.74, 6) is -0.227. The summed E-state index contributed by atoms with van der Waals surface area (Å²) >= 11 is 11.9. The van der Waals surface area contributed by atoms with E-state index in [-0.39, 0.29) is 25.4 Å². The third kappa shape index (κ3) is 13.2. The molecule has 1 atom stereocenters. The van der Waals surface area contributed by atoms with E-state index in [4.69, 9.17) is 41.5 Å². The number of alkyl halides is 3. The minimum Gasteiger partial charge on any atom is -0.493 e. The summed E-state index contributed by atoms with van der Waals surface area (Å²) in [5, 5.41) is 10.5. The lowest BCUT2D eigenvalue weighted by atomic mass is 10.0. The highest BCUT2D eigenvalue weighted by Crippen LogP contribution is 2.47. The van der Waals surface area contributed by atoms with Crippen molar-refractivity contribution in [3.8, 4) is 5.75 Å². The lowest BCUT2D eigenvalue weighted by molar-refractivity contribution is -0.139. The zero-order valence-corrected chi connectivity index (χ0v) is 26.1. The van der Waals surface area contributed by atoms with Gasteiger partial charge in [-0.1, -0.05) is 35.3 Å². The molecule has 12 heteroatoms. The molecule has 0 heterocycles. The first kappa shape index (κ1) is 35.0. The highest BCUT2D eigenvalue weighted by Gasteiger charge is 2.35. The van der Waals surface area contributed by atoms with Gasteiger partial charge in [-0.3, -0.25) is 0 Å². The van der Waals surface area contributed by atoms with Gasteiger partial charge in [0.1, 0.15) is 5.75 Å². The second kappa shape index (κ2) is 15.4. The molecule has 0 spiro atoms. The van der Waals surface area contributed by atoms with Gasteiger partial charge >= 0.3 is 14.8 Å². The fraction of sp³-hybridized carbons (Fsp3) is 0.571. The summed E-state index contributed by atoms with van der Waals surface area (Å²) in [6.45, 7) is 11.4. The van der Waals surface area contributed by atoms with Crippen LogP contribution in [0.4, 0.5) is 13.2 Å². The van der Waals surface area contributed by atoms with Crippen molar-refractivity contribution >= 4 is 31.8 Å². The number of benzene rings is 2. The molecule has 226 valence electrons. The average molecular weight is 628 g/mol. The summed E-state index contributed by atoms with van der Waals surface area (Å²) in [6.07, 6.45) is -2.93. The maximum atomic E-state index is 13.8. The van der Waals surface area contributed by atoms with Crippen LogP contribution in [0.3, 0.4) is 0 Å². The minimum atomic E-state index is -4.59. The van der Waals surface area contributed by atoms with E-state index in [0.29, 0.717) is 34.9 Å². The molecule has 2 N–H and O–H groups in total. The zero-order valence-electron chi connectivity index (χ0n) is 23.7. The van der Waals surface area contributed by atoms with Crippen LogP contribution in [0.15, 0.2) is 36.4 Å². The fourth-order valence-corrected chi connectivity index (χ4v) is 5.09. The smallest absolute Gasteiger partial charge is 0.419 e. The maximum Gasteiger partial charge on any atom is 0.419 e. The van der Waals surface area contributed by atoms with E-state index >= 15 is 0 Å². The summed E-state index contributed by atoms with van der Waals surface area (Å²) in [4.78, 5) is 0. The summed E-state index contributed by atoms with van der Waals surface area (Å²) < 4.78 is 64.5. The summed E-state index contributed by atoms with van der Waals surface area (Å²) in [5.41, 5.74) is 1.68. The van der Waals surface area contributed by atoms with Crippen LogP contribution in [-0.2, 0) is 32.6 Å². The standard InChI is InChI=1S/C28H39Cl2F3NO5P/c1-26(2,3)38-40(39-27(4,5)6)37-18-21(34-35)12-9-20-11-14-25(22(16-20)28(31,32)33)36-15-7-8-19-10-13-23(29)24(30)17-19/h10-11,13-14,16-17,21,34-35H,7-9,12,15,18H2,1-6H3. The van der Waals surface area contributed by atoms with Gasteiger partial charge in [0.2, 0.25) is 0 Å². The molecule has 0 aliphatic carbocycles. The molecule has 40 heavy (non-hydrogen) atoms. The van der Waals surface area contributed by atoms with Gasteiger partial charge in [0.15, 0.2) is 0 Å². The van der Waals surface area contributed by atoms with Crippen LogP contribution in [0, 0.1) is 0 Å². The Labute approximate surface area is 246 Å². The van der Waals surface area contributed by atoms with Gasteiger partial charge in [-0.25, -0.2) is 5.48 Å². The van der Waals surface area contributed by atoms with E-state index < -0.39 is 37.6 Å². The van der Waals surface area contributed by atoms with Crippen molar-refractivity contribution in [2.24, 2.45) is 0 Å². The van der Waals surface area contributed by atoms with Crippen LogP contribution in [0.1, 0.15) is 71.1 Å². The van der Waals surface area contributed by atoms with Gasteiger partial charge in [-0.05, 0) is 103 Å². The Morgan fingerprint density at radius 2 is 1.48 bits per heavy atom. The van der Waals surface area contributed by atoms with Crippen LogP contribution >= 0.6 is 31.8 Å². The quantitative estimate of drug-likeness (QED) is 0.124. The number of hydrogen-bond donors (Lipinski definition) is 2. The zero-order chi connectivity index (χ0) is 30.1. The van der Waals surface area contributed by atoms with Gasteiger partial charge in [0, 0.05) is 0 Å². The van der Waals surface area contributed by atoms with Crippen molar-refractivity contribution < 1.29 is 36.7 Å². The van der Waals surface area contributed by atoms with Crippen LogP contribution in [-0.4, -0.2) is 35.7 Å². The number of rotatable bonds is 14. The third-order valence-corrected chi connectivity index (χ3v) is 7.74. The Morgan fingerprint density at radius 3 is 2.02 bits per heavy atom. The van der Waals surface area contributed by atoms with Gasteiger partial charge in [-0.2, -0.15) is 13.2 Å². The molecule has 0 saturated carbocycles. The molecule has 2 aromatic carbocycles. The molecule has 0 aliphatic heterocycles. The largest absolute Gasteiger partial charge is 0.493 e. The van der Waals surface area contributed by atoms with E-state index in [0.717, 1.165) is 11.6 Å². The molecule has 0 radical (unpaired) electrons. The molecule has 0 saturated heterocycles. The number of nitrogens with one attached hydrogen (secondary N) is 1. The number of halogens is 5. The average Bonchev–Trinajstić information content (AvgIpc) is 2.82. The van der Waals surface area contributed by atoms with E-state index in [1.807, 2.05) is 47.6 Å². The number of aryl methyl sites for hydroxylation is 2. The Kier molecular flexibility index (Phi) is 13.4. The Morgan fingerprint density at radius 1 is 0.875 bits per heavy atom. The van der Waals surface area contributed by atoms with Crippen molar-refractivity contribution in [3.63, 3.8) is 0 Å². The maximum absolute atomic E-state index is 13.8. The first-order chi connectivity index (χ1) is 18.5. The SMILES string of the molecule is CC(C)(C)OP(OCC(CCc1ccc(OCCCc2ccc(Cl)c(Cl)c2)c(C(F)(F)F)c1)NO)OC(C)(C)C. The van der Waals surface area contributed by atoms with E-state index in [1.165, 1.54) is 6.07 Å². The van der Waals surface area contributed by atoms with Gasteiger partial charge < -0.3 is 23.5 Å². The van der Waals surface area contributed by atoms with Gasteiger partial charge in [0.05, 0.1) is 46.1 Å². The molecule has 2 aromatic rings. The second-order valence-electron chi connectivity index (χ2n) is 11.3. The highest BCUT2D eigenvalue weighted by molar-refractivity contribution is 7.41. The predicted octanol–water partition coefficient (Wildman–Crippen LogP) is 9.18. The fourth-order valence-electron chi connectivity index (χ4n) is 3.43. The predicted molar refractivity (Wildman–Crippen MR) is 153 cm³/mol. The Hall–Kier alpha value is -1.16. The molecular weight excluding hydrogens is 589 g/mol. The molecular formula is C28H39Cl2F3NO5P. The number of hydroxylamine groups is 1. The van der Waals surface area contributed by atoms with Crippen molar-refractivity contribution in [1.29, 1.82) is 0 Å². The molecule has 1 unspecified atom stereocenters. The van der Waals surface area contributed by atoms with Crippen LogP contribution in [0.25, 0.3) is 0 Å². The first-order valence-electron chi connectivity index (χ1n) is 12.9. The third-order valence-electron chi connectivity index (χ3n) is 5.24. The molecule has 0 aliphatic rings. The van der Waals surface area contributed by atoms with E-state index in [9.17, 15) is 18.4 Å². The number of hydrogen-bond acceptors (Lipinski definition) is 6. The monoisotopic (exact) mass is 627 g/mol. The Balaban J connectivity index is 1.97. The van der Waals surface area contributed by atoms with Crippen LogP contribution < -0.4 is 10.2 Å². The lowest BCUT2D eigenvalue weighted by Crippen LogP contribution is -2.32. The lowest BCUT2D eigenvalue weighted by Gasteiger charge is -2.31. The minimum absolute atomic E-state index is 0.0422. The molecule has 0 aromatic heterocycles. The van der Waals surface area contributed by atoms with Gasteiger partial charge in [0.25, 0.3) is 0 Å². The van der Waals surface area contributed by atoms with Crippen molar-refractivity contribution in [3.05, 3.63) is 63.1 Å². The second-order valence-corrected chi connectivity index (χ2v) is 13.2. The molecule has 0 bridgehead atoms. The van der Waals surface area contributed by atoms with Crippen molar-refractivity contribution in [2.75, 3.05) is 13.2 Å². The topological polar surface area (TPSA) is 69.2 Å². The first-order valence-corrected chi connectivity index (χ1v) is 14.8. The molecule has 0 fully saturated rings. The normalized spacial score (nSPS) is 13.6. The summed E-state index contributed by atoms with van der Waals surface area (Å²) in [7, 11) is -1.72. The van der Waals surface area contributed by atoms with Crippen molar-refractivity contribution in [1.82, 2.24) is 5.48 Å². The Bertz CT molecular complexity index is 1060. The molecule has 2 rings (SSSR count). The number of ether oxygens (including phenoxy) is 1. The van der Waals surface area contributed by atoms with Gasteiger partial charge in [-0.15, -0.1) is 0 Å². The van der Waals surface area contributed by atoms with Crippen molar-refractivity contribution in [2.45, 2.75) is 90.6 Å². The van der Waals surface area contributed by atoms with E-state index in [1.54, 1.807) is 18.2 Å².